The van der Waals surface area contributed by atoms with Crippen LogP contribution < -0.4 is 24.3 Å². The van der Waals surface area contributed by atoms with Crippen molar-refractivity contribution in [2.24, 2.45) is 5.92 Å². The molecule has 3 rings (SSSR count). The standard InChI is InChI=1S/C24H28N2O6/c1-14(2)13-26-23(27)21(15-7-9-17(29-3)19(11-15)31-5)22(24(26)28)25-16-8-10-18(30-4)20(12-16)32-6/h7-12,14,25H,13H2,1-6H3. The molecule has 0 spiro atoms. The number of imide groups is 1. The molecular weight excluding hydrogens is 412 g/mol. The van der Waals surface area contributed by atoms with Gasteiger partial charge in [-0.2, -0.15) is 0 Å². The van der Waals surface area contributed by atoms with Crippen molar-refractivity contribution in [2.45, 2.75) is 13.8 Å². The van der Waals surface area contributed by atoms with Crippen LogP contribution >= 0.6 is 0 Å². The van der Waals surface area contributed by atoms with E-state index in [0.29, 0.717) is 40.8 Å². The number of hydrogen-bond donors (Lipinski definition) is 1. The lowest BCUT2D eigenvalue weighted by Gasteiger charge is -2.17. The molecule has 0 bridgehead atoms. The van der Waals surface area contributed by atoms with Gasteiger partial charge in [-0.3, -0.25) is 14.5 Å². The molecule has 1 aliphatic heterocycles. The largest absolute Gasteiger partial charge is 0.493 e. The predicted octanol–water partition coefficient (Wildman–Crippen LogP) is 3.57. The number of hydrogen-bond acceptors (Lipinski definition) is 7. The lowest BCUT2D eigenvalue weighted by Crippen LogP contribution is -2.35. The van der Waals surface area contributed by atoms with Crippen LogP contribution in [-0.2, 0) is 9.59 Å². The number of ether oxygens (including phenoxy) is 4. The van der Waals surface area contributed by atoms with Gasteiger partial charge >= 0.3 is 0 Å². The molecule has 1 N–H and O–H groups in total. The van der Waals surface area contributed by atoms with E-state index in [4.69, 9.17) is 18.9 Å². The van der Waals surface area contributed by atoms with Crippen molar-refractivity contribution in [3.8, 4) is 23.0 Å². The van der Waals surface area contributed by atoms with Gasteiger partial charge in [-0.05, 0) is 35.7 Å². The highest BCUT2D eigenvalue weighted by Crippen LogP contribution is 2.37. The summed E-state index contributed by atoms with van der Waals surface area (Å²) in [6.07, 6.45) is 0. The van der Waals surface area contributed by atoms with Crippen molar-refractivity contribution >= 4 is 23.1 Å². The number of nitrogens with zero attached hydrogens (tertiary/aromatic N) is 1. The molecule has 0 aliphatic carbocycles. The van der Waals surface area contributed by atoms with Crippen molar-refractivity contribution < 1.29 is 28.5 Å². The molecule has 1 heterocycles. The highest BCUT2D eigenvalue weighted by molar-refractivity contribution is 6.36. The minimum absolute atomic E-state index is 0.120. The van der Waals surface area contributed by atoms with E-state index >= 15 is 0 Å². The average molecular weight is 440 g/mol. The Hall–Kier alpha value is -3.68. The zero-order chi connectivity index (χ0) is 23.4. The molecule has 2 aromatic carbocycles. The van der Waals surface area contributed by atoms with Gasteiger partial charge in [0.15, 0.2) is 23.0 Å². The second-order valence-electron chi connectivity index (χ2n) is 7.63. The molecule has 0 atom stereocenters. The van der Waals surface area contributed by atoms with E-state index in [9.17, 15) is 9.59 Å². The van der Waals surface area contributed by atoms with Crippen LogP contribution in [0.25, 0.3) is 5.57 Å². The molecule has 8 heteroatoms. The number of nitrogens with one attached hydrogen (secondary N) is 1. The SMILES string of the molecule is COc1ccc(NC2=C(c3ccc(OC)c(OC)c3)C(=O)N(CC(C)C)C2=O)cc1OC. The van der Waals surface area contributed by atoms with E-state index in [1.807, 2.05) is 13.8 Å². The number of rotatable bonds is 9. The fourth-order valence-electron chi connectivity index (χ4n) is 3.54. The first-order chi connectivity index (χ1) is 15.3. The molecule has 0 saturated heterocycles. The van der Waals surface area contributed by atoms with Crippen LogP contribution in [-0.4, -0.2) is 51.7 Å². The number of benzene rings is 2. The third-order valence-corrected chi connectivity index (χ3v) is 5.04. The summed E-state index contributed by atoms with van der Waals surface area (Å²) in [5.41, 5.74) is 1.60. The van der Waals surface area contributed by atoms with Crippen LogP contribution in [0.2, 0.25) is 0 Å². The molecule has 0 saturated carbocycles. The Morgan fingerprint density at radius 3 is 1.91 bits per heavy atom. The predicted molar refractivity (Wildman–Crippen MR) is 121 cm³/mol. The number of carbonyl (C=O) groups excluding carboxylic acids is 2. The molecule has 0 radical (unpaired) electrons. The van der Waals surface area contributed by atoms with Gasteiger partial charge in [0.1, 0.15) is 5.70 Å². The summed E-state index contributed by atoms with van der Waals surface area (Å²) >= 11 is 0. The quantitative estimate of drug-likeness (QED) is 0.597. The molecule has 32 heavy (non-hydrogen) atoms. The van der Waals surface area contributed by atoms with Crippen molar-refractivity contribution in [3.05, 3.63) is 47.7 Å². The Kier molecular flexibility index (Phi) is 6.92. The third-order valence-electron chi connectivity index (χ3n) is 5.04. The number of carbonyl (C=O) groups is 2. The Morgan fingerprint density at radius 2 is 1.34 bits per heavy atom. The van der Waals surface area contributed by atoms with E-state index in [1.54, 1.807) is 43.5 Å². The average Bonchev–Trinajstić information content (AvgIpc) is 3.02. The first kappa shape index (κ1) is 23.0. The zero-order valence-corrected chi connectivity index (χ0v) is 19.1. The lowest BCUT2D eigenvalue weighted by molar-refractivity contribution is -0.137. The lowest BCUT2D eigenvalue weighted by atomic mass is 10.0. The molecule has 170 valence electrons. The number of amides is 2. The van der Waals surface area contributed by atoms with Gasteiger partial charge in [-0.15, -0.1) is 0 Å². The van der Waals surface area contributed by atoms with Crippen LogP contribution in [0.15, 0.2) is 42.1 Å². The van der Waals surface area contributed by atoms with Gasteiger partial charge in [0.2, 0.25) is 0 Å². The summed E-state index contributed by atoms with van der Waals surface area (Å²) in [7, 11) is 6.14. The van der Waals surface area contributed by atoms with Crippen LogP contribution in [0, 0.1) is 5.92 Å². The Morgan fingerprint density at radius 1 is 0.781 bits per heavy atom. The number of anilines is 1. The second kappa shape index (κ2) is 9.64. The summed E-state index contributed by atoms with van der Waals surface area (Å²) in [4.78, 5) is 27.9. The Labute approximate surface area is 187 Å². The highest BCUT2D eigenvalue weighted by Gasteiger charge is 2.39. The van der Waals surface area contributed by atoms with E-state index in [2.05, 4.69) is 5.32 Å². The monoisotopic (exact) mass is 440 g/mol. The molecule has 2 aromatic rings. The fraction of sp³-hybridized carbons (Fsp3) is 0.333. The van der Waals surface area contributed by atoms with Crippen molar-refractivity contribution in [1.82, 2.24) is 4.90 Å². The second-order valence-corrected chi connectivity index (χ2v) is 7.63. The minimum Gasteiger partial charge on any atom is -0.493 e. The molecule has 2 amide bonds. The first-order valence-corrected chi connectivity index (χ1v) is 10.2. The summed E-state index contributed by atoms with van der Waals surface area (Å²) in [5.74, 6) is 1.42. The Balaban J connectivity index is 2.11. The van der Waals surface area contributed by atoms with Gasteiger partial charge in [-0.25, -0.2) is 0 Å². The van der Waals surface area contributed by atoms with Gasteiger partial charge < -0.3 is 24.3 Å². The highest BCUT2D eigenvalue weighted by atomic mass is 16.5. The molecule has 1 aliphatic rings. The van der Waals surface area contributed by atoms with Gasteiger partial charge in [-0.1, -0.05) is 19.9 Å². The van der Waals surface area contributed by atoms with E-state index < -0.39 is 0 Å². The van der Waals surface area contributed by atoms with Crippen LogP contribution in [0.4, 0.5) is 5.69 Å². The summed E-state index contributed by atoms with van der Waals surface area (Å²) in [5, 5.41) is 3.12. The van der Waals surface area contributed by atoms with Crippen molar-refractivity contribution in [1.29, 1.82) is 0 Å². The van der Waals surface area contributed by atoms with Crippen LogP contribution in [0.1, 0.15) is 19.4 Å². The fourth-order valence-corrected chi connectivity index (χ4v) is 3.54. The minimum atomic E-state index is -0.386. The van der Waals surface area contributed by atoms with E-state index in [1.165, 1.54) is 26.2 Å². The van der Waals surface area contributed by atoms with Gasteiger partial charge in [0.05, 0.1) is 34.0 Å². The molecular formula is C24H28N2O6. The van der Waals surface area contributed by atoms with Crippen LogP contribution in [0.5, 0.6) is 23.0 Å². The van der Waals surface area contributed by atoms with Crippen molar-refractivity contribution in [3.63, 3.8) is 0 Å². The summed E-state index contributed by atoms with van der Waals surface area (Å²) < 4.78 is 21.3. The van der Waals surface area contributed by atoms with E-state index in [-0.39, 0.29) is 29.0 Å². The maximum atomic E-state index is 13.3. The normalized spacial score (nSPS) is 13.7. The maximum Gasteiger partial charge on any atom is 0.278 e. The van der Waals surface area contributed by atoms with Crippen molar-refractivity contribution in [2.75, 3.05) is 40.3 Å². The molecule has 0 aromatic heterocycles. The summed E-state index contributed by atoms with van der Waals surface area (Å²) in [6, 6.07) is 10.3. The molecule has 0 unspecified atom stereocenters. The summed E-state index contributed by atoms with van der Waals surface area (Å²) in [6.45, 7) is 4.22. The molecule has 8 nitrogen and oxygen atoms in total. The zero-order valence-electron chi connectivity index (χ0n) is 19.1. The maximum absolute atomic E-state index is 13.3. The Bertz CT molecular complexity index is 1060. The number of methoxy groups -OCH3 is 4. The third kappa shape index (κ3) is 4.34. The van der Waals surface area contributed by atoms with Crippen LogP contribution in [0.3, 0.4) is 0 Å². The first-order valence-electron chi connectivity index (χ1n) is 10.2. The topological polar surface area (TPSA) is 86.3 Å². The van der Waals surface area contributed by atoms with Gasteiger partial charge in [0, 0.05) is 18.3 Å². The van der Waals surface area contributed by atoms with Gasteiger partial charge in [0.25, 0.3) is 11.8 Å². The molecule has 0 fully saturated rings. The van der Waals surface area contributed by atoms with E-state index in [0.717, 1.165) is 0 Å². The smallest absolute Gasteiger partial charge is 0.278 e.